The molecule has 1 saturated heterocycles. The molecule has 0 aromatic carbocycles. The van der Waals surface area contributed by atoms with Gasteiger partial charge in [-0.3, -0.25) is 14.7 Å². The Morgan fingerprint density at radius 2 is 2.24 bits per heavy atom. The molecule has 0 radical (unpaired) electrons. The number of carbonyl (C=O) groups is 2. The van der Waals surface area contributed by atoms with E-state index in [9.17, 15) is 9.59 Å². The minimum atomic E-state index is -0.229. The number of aromatic nitrogens is 2. The third-order valence-electron chi connectivity index (χ3n) is 3.72. The van der Waals surface area contributed by atoms with E-state index < -0.39 is 0 Å². The van der Waals surface area contributed by atoms with E-state index in [0.717, 1.165) is 12.2 Å². The van der Waals surface area contributed by atoms with Crippen LogP contribution in [0.4, 0.5) is 0 Å². The average Bonchev–Trinajstić information content (AvgIpc) is 3.05. The van der Waals surface area contributed by atoms with Crippen LogP contribution in [0.5, 0.6) is 0 Å². The predicted molar refractivity (Wildman–Crippen MR) is 78.3 cm³/mol. The molecule has 1 fully saturated rings. The van der Waals surface area contributed by atoms with Crippen LogP contribution < -0.4 is 0 Å². The number of nitrogens with one attached hydrogen (secondary N) is 1. The fourth-order valence-corrected chi connectivity index (χ4v) is 2.49. The summed E-state index contributed by atoms with van der Waals surface area (Å²) < 4.78 is 0. The molecule has 1 aromatic rings. The van der Waals surface area contributed by atoms with Gasteiger partial charge in [0.05, 0.1) is 18.2 Å². The molecule has 0 unspecified atom stereocenters. The number of hydrogen-bond donors (Lipinski definition) is 1. The summed E-state index contributed by atoms with van der Waals surface area (Å²) in [6.45, 7) is 2.51. The van der Waals surface area contributed by atoms with E-state index >= 15 is 0 Å². The van der Waals surface area contributed by atoms with E-state index in [1.165, 1.54) is 0 Å². The van der Waals surface area contributed by atoms with Gasteiger partial charge in [-0.2, -0.15) is 5.10 Å². The first kappa shape index (κ1) is 15.5. The molecule has 1 N–H and O–H groups in total. The molecule has 1 aromatic heterocycles. The monoisotopic (exact) mass is 293 g/mol. The van der Waals surface area contributed by atoms with E-state index in [0.29, 0.717) is 26.1 Å². The van der Waals surface area contributed by atoms with Gasteiger partial charge in [0.2, 0.25) is 11.8 Å². The normalized spacial score (nSPS) is 18.6. The fraction of sp³-hybridized carbons (Fsp3) is 0.643. The Balaban J connectivity index is 1.87. The lowest BCUT2D eigenvalue weighted by molar-refractivity contribution is -0.135. The van der Waals surface area contributed by atoms with Crippen LogP contribution in [-0.2, 0) is 16.1 Å². The Morgan fingerprint density at radius 1 is 1.48 bits per heavy atom. The molecule has 0 spiro atoms. The summed E-state index contributed by atoms with van der Waals surface area (Å²) in [6.07, 6.45) is 1.98. The van der Waals surface area contributed by atoms with Gasteiger partial charge in [0, 0.05) is 39.3 Å². The second-order valence-corrected chi connectivity index (χ2v) is 5.82. The van der Waals surface area contributed by atoms with Crippen molar-refractivity contribution < 1.29 is 9.59 Å². The number of carbonyl (C=O) groups excluding carboxylic acids is 2. The first-order valence-corrected chi connectivity index (χ1v) is 7.13. The molecule has 0 aliphatic carbocycles. The summed E-state index contributed by atoms with van der Waals surface area (Å²) in [6, 6.07) is 1.84. The van der Waals surface area contributed by atoms with Gasteiger partial charge in [0.15, 0.2) is 0 Å². The number of hydrogen-bond acceptors (Lipinski definition) is 4. The van der Waals surface area contributed by atoms with Crippen molar-refractivity contribution in [2.24, 2.45) is 5.92 Å². The second kappa shape index (κ2) is 6.71. The van der Waals surface area contributed by atoms with Crippen LogP contribution in [0, 0.1) is 5.92 Å². The molecule has 0 bridgehead atoms. The topological polar surface area (TPSA) is 72.5 Å². The lowest BCUT2D eigenvalue weighted by atomic mass is 10.1. The second-order valence-electron chi connectivity index (χ2n) is 5.82. The highest BCUT2D eigenvalue weighted by atomic mass is 16.2. The summed E-state index contributed by atoms with van der Waals surface area (Å²) >= 11 is 0. The van der Waals surface area contributed by atoms with Crippen molar-refractivity contribution in [3.63, 3.8) is 0 Å². The summed E-state index contributed by atoms with van der Waals surface area (Å²) in [5.74, 6) is -0.136. The van der Waals surface area contributed by atoms with Crippen molar-refractivity contribution in [1.82, 2.24) is 24.9 Å². The highest BCUT2D eigenvalue weighted by Crippen LogP contribution is 2.20. The molecule has 1 atom stereocenters. The van der Waals surface area contributed by atoms with E-state index in [4.69, 9.17) is 0 Å². The van der Waals surface area contributed by atoms with Gasteiger partial charge in [0.1, 0.15) is 0 Å². The number of H-pyrrole nitrogens is 1. The van der Waals surface area contributed by atoms with Crippen molar-refractivity contribution >= 4 is 11.8 Å². The quantitative estimate of drug-likeness (QED) is 0.787. The lowest BCUT2D eigenvalue weighted by Crippen LogP contribution is -2.36. The first-order chi connectivity index (χ1) is 9.97. The molecular weight excluding hydrogens is 270 g/mol. The van der Waals surface area contributed by atoms with Crippen LogP contribution in [0.2, 0.25) is 0 Å². The zero-order valence-corrected chi connectivity index (χ0v) is 12.9. The van der Waals surface area contributed by atoms with E-state index in [-0.39, 0.29) is 17.7 Å². The van der Waals surface area contributed by atoms with Crippen LogP contribution in [0.1, 0.15) is 12.1 Å². The SMILES string of the molecule is CN(C)CCN1C[C@H](C(=O)N(C)Cc2ccn[nH]2)CC1=O. The van der Waals surface area contributed by atoms with Gasteiger partial charge in [-0.15, -0.1) is 0 Å². The molecular formula is C14H23N5O2. The minimum absolute atomic E-state index is 0.0188. The zero-order chi connectivity index (χ0) is 15.4. The summed E-state index contributed by atoms with van der Waals surface area (Å²) in [7, 11) is 5.71. The smallest absolute Gasteiger partial charge is 0.228 e. The maximum atomic E-state index is 12.4. The van der Waals surface area contributed by atoms with E-state index in [1.54, 1.807) is 23.0 Å². The van der Waals surface area contributed by atoms with Crippen LogP contribution >= 0.6 is 0 Å². The van der Waals surface area contributed by atoms with Crippen LogP contribution in [0.15, 0.2) is 12.3 Å². The number of rotatable bonds is 6. The van der Waals surface area contributed by atoms with Crippen molar-refractivity contribution in [3.05, 3.63) is 18.0 Å². The first-order valence-electron chi connectivity index (χ1n) is 7.13. The summed E-state index contributed by atoms with van der Waals surface area (Å²) in [5, 5.41) is 6.70. The van der Waals surface area contributed by atoms with E-state index in [2.05, 4.69) is 10.2 Å². The highest BCUT2D eigenvalue weighted by molar-refractivity contribution is 5.89. The Kier molecular flexibility index (Phi) is 4.95. The Hall–Kier alpha value is -1.89. The molecule has 1 aliphatic heterocycles. The maximum Gasteiger partial charge on any atom is 0.228 e. The molecule has 7 heteroatoms. The largest absolute Gasteiger partial charge is 0.341 e. The van der Waals surface area contributed by atoms with Gasteiger partial charge in [-0.25, -0.2) is 0 Å². The Labute approximate surface area is 124 Å². The van der Waals surface area contributed by atoms with Gasteiger partial charge < -0.3 is 14.7 Å². The molecule has 21 heavy (non-hydrogen) atoms. The van der Waals surface area contributed by atoms with Gasteiger partial charge in [0.25, 0.3) is 0 Å². The van der Waals surface area contributed by atoms with Crippen LogP contribution in [0.3, 0.4) is 0 Å². The maximum absolute atomic E-state index is 12.4. The lowest BCUT2D eigenvalue weighted by Gasteiger charge is -2.21. The molecule has 2 amide bonds. The van der Waals surface area contributed by atoms with E-state index in [1.807, 2.05) is 25.1 Å². The number of likely N-dealkylation sites (N-methyl/N-ethyl adjacent to an activating group) is 1. The standard InChI is InChI=1S/C14H23N5O2/c1-17(2)6-7-19-9-11(8-13(19)20)14(21)18(3)10-12-4-5-15-16-12/h4-5,11H,6-10H2,1-3H3,(H,15,16)/t11-/m1/s1. The van der Waals surface area contributed by atoms with Gasteiger partial charge in [-0.05, 0) is 20.2 Å². The molecule has 0 saturated carbocycles. The number of amides is 2. The third-order valence-corrected chi connectivity index (χ3v) is 3.72. The van der Waals surface area contributed by atoms with Crippen molar-refractivity contribution in [1.29, 1.82) is 0 Å². The summed E-state index contributed by atoms with van der Waals surface area (Å²) in [4.78, 5) is 29.8. The van der Waals surface area contributed by atoms with Crippen LogP contribution in [0.25, 0.3) is 0 Å². The number of nitrogens with zero attached hydrogens (tertiary/aromatic N) is 4. The van der Waals surface area contributed by atoms with Crippen molar-refractivity contribution in [2.45, 2.75) is 13.0 Å². The van der Waals surface area contributed by atoms with Gasteiger partial charge >= 0.3 is 0 Å². The molecule has 2 heterocycles. The molecule has 7 nitrogen and oxygen atoms in total. The fourth-order valence-electron chi connectivity index (χ4n) is 2.49. The Morgan fingerprint density at radius 3 is 2.86 bits per heavy atom. The van der Waals surface area contributed by atoms with Crippen LogP contribution in [-0.4, -0.2) is 77.5 Å². The summed E-state index contributed by atoms with van der Waals surface area (Å²) in [5.41, 5.74) is 0.889. The molecule has 116 valence electrons. The molecule has 2 rings (SSSR count). The number of aromatic amines is 1. The van der Waals surface area contributed by atoms with Crippen molar-refractivity contribution in [2.75, 3.05) is 40.8 Å². The average molecular weight is 293 g/mol. The zero-order valence-electron chi connectivity index (χ0n) is 12.9. The Bertz CT molecular complexity index is 486. The number of likely N-dealkylation sites (tertiary alicyclic amines) is 1. The van der Waals surface area contributed by atoms with Crippen molar-refractivity contribution in [3.8, 4) is 0 Å². The molecule has 1 aliphatic rings. The third kappa shape index (κ3) is 4.04. The van der Waals surface area contributed by atoms with Gasteiger partial charge in [-0.1, -0.05) is 0 Å². The highest BCUT2D eigenvalue weighted by Gasteiger charge is 2.35. The minimum Gasteiger partial charge on any atom is -0.341 e. The predicted octanol–water partition coefficient (Wildman–Crippen LogP) is -0.222.